The minimum atomic E-state index is 0.117. The number of carbonyl (C=O) groups is 1. The highest BCUT2D eigenvalue weighted by Crippen LogP contribution is 2.25. The van der Waals surface area contributed by atoms with Crippen molar-refractivity contribution in [2.24, 2.45) is 0 Å². The summed E-state index contributed by atoms with van der Waals surface area (Å²) < 4.78 is 0. The highest BCUT2D eigenvalue weighted by Gasteiger charge is 2.36. The summed E-state index contributed by atoms with van der Waals surface area (Å²) in [5.74, 6) is 0. The predicted octanol–water partition coefficient (Wildman–Crippen LogP) is 1.34. The van der Waals surface area contributed by atoms with Crippen molar-refractivity contribution in [2.45, 2.75) is 44.2 Å². The Morgan fingerprint density at radius 3 is 2.92 bits per heavy atom. The number of amides is 2. The second-order valence-corrected chi connectivity index (χ2v) is 3.87. The molecule has 2 aliphatic rings. The molecule has 1 N–H and O–H groups in total. The summed E-state index contributed by atoms with van der Waals surface area (Å²) in [4.78, 5) is 13.1. The Morgan fingerprint density at radius 1 is 1.33 bits per heavy atom. The van der Waals surface area contributed by atoms with Crippen LogP contribution in [0.15, 0.2) is 0 Å². The second-order valence-electron chi connectivity index (χ2n) is 3.87. The van der Waals surface area contributed by atoms with E-state index in [2.05, 4.69) is 5.32 Å². The first-order valence-electron chi connectivity index (χ1n) is 4.82. The number of rotatable bonds is 0. The molecule has 1 saturated heterocycles. The first-order chi connectivity index (χ1) is 5.79. The zero-order chi connectivity index (χ0) is 8.55. The third-order valence-corrected chi connectivity index (χ3v) is 3.11. The number of carbonyl (C=O) groups excluding carboxylic acids is 1. The van der Waals surface area contributed by atoms with E-state index in [1.807, 2.05) is 11.9 Å². The molecular formula is C9H16N2O. The van der Waals surface area contributed by atoms with Crippen LogP contribution in [0.5, 0.6) is 0 Å². The molecule has 2 unspecified atom stereocenters. The van der Waals surface area contributed by atoms with Gasteiger partial charge in [-0.25, -0.2) is 4.79 Å². The summed E-state index contributed by atoms with van der Waals surface area (Å²) in [6.45, 7) is 0. The van der Waals surface area contributed by atoms with E-state index in [9.17, 15) is 4.79 Å². The minimum Gasteiger partial charge on any atom is -0.333 e. The fraction of sp³-hybridized carbons (Fsp3) is 0.889. The fourth-order valence-electron chi connectivity index (χ4n) is 2.33. The van der Waals surface area contributed by atoms with E-state index in [-0.39, 0.29) is 6.03 Å². The standard InChI is InChI=1S/C9H16N2O/c1-11-8-6-4-2-3-5-7(8)10-9(11)12/h7-8H,2-6H2,1H3,(H,10,12). The van der Waals surface area contributed by atoms with E-state index in [4.69, 9.17) is 0 Å². The third kappa shape index (κ3) is 1.17. The molecule has 0 bridgehead atoms. The molecule has 1 saturated carbocycles. The van der Waals surface area contributed by atoms with Gasteiger partial charge in [-0.05, 0) is 12.8 Å². The Balaban J connectivity index is 2.09. The zero-order valence-corrected chi connectivity index (χ0v) is 7.55. The zero-order valence-electron chi connectivity index (χ0n) is 7.55. The van der Waals surface area contributed by atoms with Gasteiger partial charge in [0.2, 0.25) is 0 Å². The summed E-state index contributed by atoms with van der Waals surface area (Å²) in [5.41, 5.74) is 0. The van der Waals surface area contributed by atoms with E-state index in [0.717, 1.165) is 0 Å². The van der Waals surface area contributed by atoms with Crippen LogP contribution in [0, 0.1) is 0 Å². The van der Waals surface area contributed by atoms with Gasteiger partial charge in [-0.2, -0.15) is 0 Å². The molecule has 68 valence electrons. The van der Waals surface area contributed by atoms with Crippen LogP contribution in [0.3, 0.4) is 0 Å². The summed E-state index contributed by atoms with van der Waals surface area (Å²) >= 11 is 0. The van der Waals surface area contributed by atoms with E-state index < -0.39 is 0 Å². The monoisotopic (exact) mass is 168 g/mol. The van der Waals surface area contributed by atoms with Gasteiger partial charge in [0, 0.05) is 7.05 Å². The van der Waals surface area contributed by atoms with Gasteiger partial charge < -0.3 is 10.2 Å². The largest absolute Gasteiger partial charge is 0.333 e. The van der Waals surface area contributed by atoms with E-state index >= 15 is 0 Å². The number of urea groups is 1. The first kappa shape index (κ1) is 7.90. The van der Waals surface area contributed by atoms with Crippen LogP contribution < -0.4 is 5.32 Å². The van der Waals surface area contributed by atoms with Crippen LogP contribution in [0.2, 0.25) is 0 Å². The van der Waals surface area contributed by atoms with Crippen molar-refractivity contribution >= 4 is 6.03 Å². The summed E-state index contributed by atoms with van der Waals surface area (Å²) in [5, 5.41) is 3.03. The molecule has 0 aromatic carbocycles. The molecule has 12 heavy (non-hydrogen) atoms. The van der Waals surface area contributed by atoms with E-state index in [0.29, 0.717) is 12.1 Å². The van der Waals surface area contributed by atoms with Crippen molar-refractivity contribution in [1.29, 1.82) is 0 Å². The molecule has 1 aliphatic heterocycles. The van der Waals surface area contributed by atoms with Crippen molar-refractivity contribution in [3.63, 3.8) is 0 Å². The molecule has 3 heteroatoms. The number of nitrogens with zero attached hydrogens (tertiary/aromatic N) is 1. The average molecular weight is 168 g/mol. The number of likely N-dealkylation sites (N-methyl/N-ethyl adjacent to an activating group) is 1. The molecule has 0 spiro atoms. The second kappa shape index (κ2) is 2.96. The third-order valence-electron chi connectivity index (χ3n) is 3.11. The highest BCUT2D eigenvalue weighted by atomic mass is 16.2. The Labute approximate surface area is 73.1 Å². The summed E-state index contributed by atoms with van der Waals surface area (Å²) in [7, 11) is 1.91. The lowest BCUT2D eigenvalue weighted by Crippen LogP contribution is -2.33. The Kier molecular flexibility index (Phi) is 1.95. The van der Waals surface area contributed by atoms with Gasteiger partial charge >= 0.3 is 6.03 Å². The normalized spacial score (nSPS) is 35.8. The SMILES string of the molecule is CN1C(=O)NC2CCCCCC21. The van der Waals surface area contributed by atoms with Crippen molar-refractivity contribution in [3.05, 3.63) is 0 Å². The molecule has 1 aliphatic carbocycles. The van der Waals surface area contributed by atoms with Gasteiger partial charge in [0.05, 0.1) is 12.1 Å². The predicted molar refractivity (Wildman–Crippen MR) is 47.0 cm³/mol. The van der Waals surface area contributed by atoms with E-state index in [1.54, 1.807) is 0 Å². The molecule has 1 heterocycles. The molecule has 3 nitrogen and oxygen atoms in total. The maximum Gasteiger partial charge on any atom is 0.317 e. The van der Waals surface area contributed by atoms with Crippen LogP contribution in [-0.2, 0) is 0 Å². The average Bonchev–Trinajstić information content (AvgIpc) is 2.30. The molecule has 0 radical (unpaired) electrons. The van der Waals surface area contributed by atoms with Crippen molar-refractivity contribution in [2.75, 3.05) is 7.05 Å². The molecule has 2 atom stereocenters. The maximum atomic E-state index is 11.3. The summed E-state index contributed by atoms with van der Waals surface area (Å²) in [6, 6.07) is 1.02. The van der Waals surface area contributed by atoms with Crippen molar-refractivity contribution in [1.82, 2.24) is 10.2 Å². The summed E-state index contributed by atoms with van der Waals surface area (Å²) in [6.07, 6.45) is 6.23. The molecule has 2 rings (SSSR count). The highest BCUT2D eigenvalue weighted by molar-refractivity contribution is 5.77. The number of hydrogen-bond acceptors (Lipinski definition) is 1. The van der Waals surface area contributed by atoms with Crippen molar-refractivity contribution < 1.29 is 4.79 Å². The molecule has 0 aromatic heterocycles. The quantitative estimate of drug-likeness (QED) is 0.581. The Hall–Kier alpha value is -0.730. The van der Waals surface area contributed by atoms with Gasteiger partial charge in [-0.1, -0.05) is 19.3 Å². The number of nitrogens with one attached hydrogen (secondary N) is 1. The van der Waals surface area contributed by atoms with Gasteiger partial charge in [0.15, 0.2) is 0 Å². The lowest BCUT2D eigenvalue weighted by Gasteiger charge is -2.20. The minimum absolute atomic E-state index is 0.117. The van der Waals surface area contributed by atoms with Crippen LogP contribution in [0.25, 0.3) is 0 Å². The van der Waals surface area contributed by atoms with Crippen molar-refractivity contribution in [3.8, 4) is 0 Å². The van der Waals surface area contributed by atoms with Gasteiger partial charge in [-0.15, -0.1) is 0 Å². The number of fused-ring (bicyclic) bond motifs is 1. The molecule has 2 fully saturated rings. The van der Waals surface area contributed by atoms with Gasteiger partial charge in [0.1, 0.15) is 0 Å². The Morgan fingerprint density at radius 2 is 2.08 bits per heavy atom. The van der Waals surface area contributed by atoms with E-state index in [1.165, 1.54) is 32.1 Å². The number of hydrogen-bond donors (Lipinski definition) is 1. The fourth-order valence-corrected chi connectivity index (χ4v) is 2.33. The van der Waals surface area contributed by atoms with Crippen LogP contribution >= 0.6 is 0 Å². The lowest BCUT2D eigenvalue weighted by atomic mass is 10.1. The smallest absolute Gasteiger partial charge is 0.317 e. The molecule has 0 aromatic rings. The van der Waals surface area contributed by atoms with Crippen LogP contribution in [0.4, 0.5) is 4.79 Å². The lowest BCUT2D eigenvalue weighted by molar-refractivity contribution is 0.213. The van der Waals surface area contributed by atoms with Crippen LogP contribution in [0.1, 0.15) is 32.1 Å². The van der Waals surface area contributed by atoms with Crippen LogP contribution in [-0.4, -0.2) is 30.1 Å². The van der Waals surface area contributed by atoms with Gasteiger partial charge in [-0.3, -0.25) is 0 Å². The molecule has 2 amide bonds. The first-order valence-corrected chi connectivity index (χ1v) is 4.82. The van der Waals surface area contributed by atoms with Gasteiger partial charge in [0.25, 0.3) is 0 Å². The topological polar surface area (TPSA) is 32.3 Å². The molecular weight excluding hydrogens is 152 g/mol. The maximum absolute atomic E-state index is 11.3. The Bertz CT molecular complexity index is 193.